The van der Waals surface area contributed by atoms with Crippen LogP contribution in [0.5, 0.6) is 0 Å². The van der Waals surface area contributed by atoms with Crippen LogP contribution in [0.25, 0.3) is 0 Å². The van der Waals surface area contributed by atoms with Crippen molar-refractivity contribution in [1.82, 2.24) is 9.97 Å². The molecule has 0 saturated carbocycles. The number of aliphatic hydroxyl groups excluding tert-OH is 1. The van der Waals surface area contributed by atoms with Crippen LogP contribution in [0.3, 0.4) is 0 Å². The third-order valence-electron chi connectivity index (χ3n) is 4.25. The predicted molar refractivity (Wildman–Crippen MR) is 91.8 cm³/mol. The van der Waals surface area contributed by atoms with Crippen molar-refractivity contribution in [2.24, 2.45) is 5.73 Å². The first kappa shape index (κ1) is 16.2. The van der Waals surface area contributed by atoms with Gasteiger partial charge >= 0.3 is 0 Å². The van der Waals surface area contributed by atoms with Crippen LogP contribution < -0.4 is 16.0 Å². The lowest BCUT2D eigenvalue weighted by atomic mass is 10.1. The van der Waals surface area contributed by atoms with Gasteiger partial charge in [-0.1, -0.05) is 12.1 Å². The molecule has 1 amide bonds. The smallest absolute Gasteiger partial charge is 0.248 e. The van der Waals surface area contributed by atoms with E-state index in [4.69, 9.17) is 5.73 Å². The van der Waals surface area contributed by atoms with E-state index in [1.54, 1.807) is 12.1 Å². The van der Waals surface area contributed by atoms with E-state index in [0.29, 0.717) is 12.1 Å². The van der Waals surface area contributed by atoms with Crippen molar-refractivity contribution in [3.05, 3.63) is 47.8 Å². The highest BCUT2D eigenvalue weighted by molar-refractivity contribution is 5.92. The van der Waals surface area contributed by atoms with Gasteiger partial charge in [0, 0.05) is 24.7 Å². The number of anilines is 2. The maximum Gasteiger partial charge on any atom is 0.248 e. The molecule has 3 rings (SSSR count). The van der Waals surface area contributed by atoms with Crippen LogP contribution in [0.1, 0.15) is 28.8 Å². The van der Waals surface area contributed by atoms with Gasteiger partial charge in [-0.05, 0) is 30.5 Å². The fourth-order valence-corrected chi connectivity index (χ4v) is 2.91. The number of benzene rings is 1. The van der Waals surface area contributed by atoms with E-state index in [2.05, 4.69) is 20.2 Å². The lowest BCUT2D eigenvalue weighted by Gasteiger charge is -2.24. The largest absolute Gasteiger partial charge is 0.394 e. The van der Waals surface area contributed by atoms with Gasteiger partial charge in [-0.15, -0.1) is 0 Å². The topological polar surface area (TPSA) is 104 Å². The Morgan fingerprint density at radius 1 is 1.33 bits per heavy atom. The van der Waals surface area contributed by atoms with E-state index in [-0.39, 0.29) is 12.6 Å². The fourth-order valence-electron chi connectivity index (χ4n) is 2.91. The molecule has 4 N–H and O–H groups in total. The zero-order valence-corrected chi connectivity index (χ0v) is 13.4. The molecule has 0 radical (unpaired) electrons. The molecule has 0 unspecified atom stereocenters. The Morgan fingerprint density at radius 3 is 2.83 bits per heavy atom. The summed E-state index contributed by atoms with van der Waals surface area (Å²) in [5.74, 6) is 1.12. The first-order chi connectivity index (χ1) is 11.7. The number of primary amides is 1. The minimum Gasteiger partial charge on any atom is -0.394 e. The highest BCUT2D eigenvalue weighted by Crippen LogP contribution is 2.24. The molecule has 1 aromatic carbocycles. The van der Waals surface area contributed by atoms with Crippen molar-refractivity contribution in [1.29, 1.82) is 0 Å². The summed E-state index contributed by atoms with van der Waals surface area (Å²) in [7, 11) is 0. The molecule has 1 aromatic heterocycles. The summed E-state index contributed by atoms with van der Waals surface area (Å²) in [6, 6.07) is 9.16. The Morgan fingerprint density at radius 2 is 2.12 bits per heavy atom. The lowest BCUT2D eigenvalue weighted by Crippen LogP contribution is -2.32. The highest BCUT2D eigenvalue weighted by Gasteiger charge is 2.25. The molecule has 1 atom stereocenters. The minimum absolute atomic E-state index is 0.133. The average Bonchev–Trinajstić information content (AvgIpc) is 3.09. The Balaban J connectivity index is 1.65. The molecule has 0 bridgehead atoms. The highest BCUT2D eigenvalue weighted by atomic mass is 16.3. The summed E-state index contributed by atoms with van der Waals surface area (Å²) in [4.78, 5) is 21.7. The number of amides is 1. The Bertz CT molecular complexity index is 704. The van der Waals surface area contributed by atoms with Crippen molar-refractivity contribution in [3.8, 4) is 0 Å². The summed E-state index contributed by atoms with van der Waals surface area (Å²) in [5.41, 5.74) is 6.75. The number of rotatable bonds is 6. The molecule has 2 heterocycles. The van der Waals surface area contributed by atoms with Crippen LogP contribution in [-0.2, 0) is 6.54 Å². The van der Waals surface area contributed by atoms with Crippen molar-refractivity contribution in [2.45, 2.75) is 25.4 Å². The van der Waals surface area contributed by atoms with E-state index in [1.165, 1.54) is 6.33 Å². The van der Waals surface area contributed by atoms with E-state index < -0.39 is 5.91 Å². The number of aromatic nitrogens is 2. The number of nitrogens with zero attached hydrogens (tertiary/aromatic N) is 3. The van der Waals surface area contributed by atoms with Crippen molar-refractivity contribution in [3.63, 3.8) is 0 Å². The van der Waals surface area contributed by atoms with E-state index in [9.17, 15) is 9.90 Å². The molecule has 1 fully saturated rings. The summed E-state index contributed by atoms with van der Waals surface area (Å²) in [5, 5.41) is 12.7. The molecule has 1 aliphatic rings. The van der Waals surface area contributed by atoms with Crippen molar-refractivity contribution < 1.29 is 9.90 Å². The minimum atomic E-state index is -0.431. The van der Waals surface area contributed by atoms with Gasteiger partial charge in [0.2, 0.25) is 5.91 Å². The number of carbonyl (C=O) groups excluding carboxylic acids is 1. The van der Waals surface area contributed by atoms with Crippen LogP contribution in [0, 0.1) is 0 Å². The average molecular weight is 327 g/mol. The molecule has 0 spiro atoms. The first-order valence-electron chi connectivity index (χ1n) is 7.99. The fraction of sp³-hybridized carbons (Fsp3) is 0.353. The molecular formula is C17H21N5O2. The molecular weight excluding hydrogens is 306 g/mol. The number of nitrogens with two attached hydrogens (primary N) is 1. The molecule has 0 aliphatic carbocycles. The van der Waals surface area contributed by atoms with Crippen LogP contribution in [0.2, 0.25) is 0 Å². The van der Waals surface area contributed by atoms with E-state index >= 15 is 0 Å². The van der Waals surface area contributed by atoms with Gasteiger partial charge in [-0.2, -0.15) is 0 Å². The standard InChI is InChI=1S/C17H21N5O2/c18-17(24)13-5-3-12(4-6-13)9-19-15-8-16(21-11-20-15)22-7-1-2-14(22)10-23/h3-6,8,11,14,23H,1-2,7,9-10H2,(H2,18,24)(H,19,20,21)/t14-/m1/s1. The van der Waals surface area contributed by atoms with Crippen LogP contribution in [0.4, 0.5) is 11.6 Å². The lowest BCUT2D eigenvalue weighted by molar-refractivity contribution is 0.100. The zero-order chi connectivity index (χ0) is 16.9. The van der Waals surface area contributed by atoms with Gasteiger partial charge in [-0.25, -0.2) is 9.97 Å². The third kappa shape index (κ3) is 3.62. The number of nitrogens with one attached hydrogen (secondary N) is 1. The Labute approximate surface area is 140 Å². The summed E-state index contributed by atoms with van der Waals surface area (Å²) in [6.45, 7) is 1.62. The van der Waals surface area contributed by atoms with Crippen molar-refractivity contribution >= 4 is 17.5 Å². The Kier molecular flexibility index (Phi) is 4.90. The van der Waals surface area contributed by atoms with E-state index in [0.717, 1.165) is 36.6 Å². The monoisotopic (exact) mass is 327 g/mol. The van der Waals surface area contributed by atoms with Crippen LogP contribution in [-0.4, -0.2) is 40.2 Å². The maximum absolute atomic E-state index is 11.1. The number of carbonyl (C=O) groups is 1. The molecule has 7 nitrogen and oxygen atoms in total. The summed E-state index contributed by atoms with van der Waals surface area (Å²) < 4.78 is 0. The molecule has 1 saturated heterocycles. The van der Waals surface area contributed by atoms with Gasteiger partial charge in [0.1, 0.15) is 18.0 Å². The zero-order valence-electron chi connectivity index (χ0n) is 13.4. The van der Waals surface area contributed by atoms with Gasteiger partial charge in [0.25, 0.3) is 0 Å². The first-order valence-corrected chi connectivity index (χ1v) is 7.99. The molecule has 2 aromatic rings. The van der Waals surface area contributed by atoms with Crippen molar-refractivity contribution in [2.75, 3.05) is 23.4 Å². The van der Waals surface area contributed by atoms with Gasteiger partial charge < -0.3 is 21.1 Å². The Hall–Kier alpha value is -2.67. The molecule has 7 heteroatoms. The second-order valence-corrected chi connectivity index (χ2v) is 5.85. The number of aliphatic hydroxyl groups is 1. The molecule has 1 aliphatic heterocycles. The quantitative estimate of drug-likeness (QED) is 0.735. The predicted octanol–water partition coefficient (Wildman–Crippen LogP) is 1.15. The third-order valence-corrected chi connectivity index (χ3v) is 4.25. The SMILES string of the molecule is NC(=O)c1ccc(CNc2cc(N3CCC[C@@H]3CO)ncn2)cc1. The van der Waals surface area contributed by atoms with Crippen LogP contribution >= 0.6 is 0 Å². The molecule has 24 heavy (non-hydrogen) atoms. The maximum atomic E-state index is 11.1. The van der Waals surface area contributed by atoms with Gasteiger partial charge in [0.15, 0.2) is 0 Å². The van der Waals surface area contributed by atoms with Gasteiger partial charge in [0.05, 0.1) is 12.6 Å². The normalized spacial score (nSPS) is 17.0. The van der Waals surface area contributed by atoms with Crippen LogP contribution in [0.15, 0.2) is 36.7 Å². The molecule has 126 valence electrons. The summed E-state index contributed by atoms with van der Waals surface area (Å²) >= 11 is 0. The second kappa shape index (κ2) is 7.27. The second-order valence-electron chi connectivity index (χ2n) is 5.85. The number of hydrogen-bond acceptors (Lipinski definition) is 6. The van der Waals surface area contributed by atoms with E-state index in [1.807, 2.05) is 18.2 Å². The summed E-state index contributed by atoms with van der Waals surface area (Å²) in [6.07, 6.45) is 3.57. The number of hydrogen-bond donors (Lipinski definition) is 3. The van der Waals surface area contributed by atoms with Gasteiger partial charge in [-0.3, -0.25) is 4.79 Å².